The van der Waals surface area contributed by atoms with Crippen LogP contribution in [-0.4, -0.2) is 58.7 Å². The predicted octanol–water partition coefficient (Wildman–Crippen LogP) is 2.92. The fraction of sp³-hybridized carbons (Fsp3) is 0.412. The number of fused-ring (bicyclic) bond motifs is 1. The summed E-state index contributed by atoms with van der Waals surface area (Å²) < 4.78 is 42.8. The summed E-state index contributed by atoms with van der Waals surface area (Å²) in [6, 6.07) is 3.54. The van der Waals surface area contributed by atoms with Crippen LogP contribution in [0.15, 0.2) is 33.0 Å². The fourth-order valence-corrected chi connectivity index (χ4v) is 4.20. The van der Waals surface area contributed by atoms with Gasteiger partial charge in [0.05, 0.1) is 24.7 Å². The van der Waals surface area contributed by atoms with Gasteiger partial charge in [0.2, 0.25) is 0 Å². The minimum absolute atomic E-state index is 0.238. The van der Waals surface area contributed by atoms with Crippen molar-refractivity contribution in [1.82, 2.24) is 19.8 Å². The van der Waals surface area contributed by atoms with Crippen molar-refractivity contribution in [1.29, 1.82) is 0 Å². The SMILES string of the molecule is O=c1[nH]c(CN2CCN(CC(F)(F)F)CC2)nc2scc(-c3ccco3)c12. The average Bonchev–Trinajstić information content (AvgIpc) is 3.24. The molecule has 4 rings (SSSR count). The summed E-state index contributed by atoms with van der Waals surface area (Å²) in [5, 5.41) is 2.33. The van der Waals surface area contributed by atoms with Crippen molar-refractivity contribution in [2.24, 2.45) is 0 Å². The van der Waals surface area contributed by atoms with Crippen molar-refractivity contribution in [2.75, 3.05) is 32.7 Å². The quantitative estimate of drug-likeness (QED) is 0.732. The molecule has 1 aliphatic rings. The number of halogens is 3. The average molecular weight is 398 g/mol. The second-order valence-electron chi connectivity index (χ2n) is 6.49. The number of aromatic amines is 1. The topological polar surface area (TPSA) is 65.4 Å². The molecule has 0 bridgehead atoms. The Morgan fingerprint density at radius 2 is 1.96 bits per heavy atom. The molecule has 3 aromatic heterocycles. The van der Waals surface area contributed by atoms with Gasteiger partial charge in [0, 0.05) is 37.1 Å². The number of nitrogens with one attached hydrogen (secondary N) is 1. The molecule has 0 unspecified atom stereocenters. The molecule has 1 N–H and O–H groups in total. The van der Waals surface area contributed by atoms with E-state index in [0.717, 1.165) is 0 Å². The molecule has 0 spiro atoms. The molecule has 0 amide bonds. The standard InChI is InChI=1S/C17H17F3N4O2S/c18-17(19,20)10-24-5-3-23(4-6-24)8-13-21-15(25)14-11(9-27-16(14)22-13)12-2-1-7-26-12/h1-2,7,9H,3-6,8,10H2,(H,21,22,25). The van der Waals surface area contributed by atoms with Gasteiger partial charge in [0.25, 0.3) is 5.56 Å². The van der Waals surface area contributed by atoms with Crippen molar-refractivity contribution >= 4 is 21.6 Å². The monoisotopic (exact) mass is 398 g/mol. The van der Waals surface area contributed by atoms with Crippen LogP contribution in [0, 0.1) is 0 Å². The molecular weight excluding hydrogens is 381 g/mol. The van der Waals surface area contributed by atoms with E-state index in [9.17, 15) is 18.0 Å². The number of alkyl halides is 3. The van der Waals surface area contributed by atoms with E-state index < -0.39 is 12.7 Å². The molecule has 1 aliphatic heterocycles. The molecule has 3 aromatic rings. The number of piperazine rings is 1. The molecule has 0 aliphatic carbocycles. The Morgan fingerprint density at radius 1 is 1.22 bits per heavy atom. The van der Waals surface area contributed by atoms with Crippen molar-refractivity contribution in [3.8, 4) is 11.3 Å². The van der Waals surface area contributed by atoms with E-state index in [4.69, 9.17) is 4.42 Å². The third-order valence-corrected chi connectivity index (χ3v) is 5.39. The van der Waals surface area contributed by atoms with Gasteiger partial charge >= 0.3 is 6.18 Å². The highest BCUT2D eigenvalue weighted by Crippen LogP contribution is 2.30. The van der Waals surface area contributed by atoms with E-state index in [1.165, 1.54) is 16.2 Å². The first kappa shape index (κ1) is 18.2. The Labute approximate surface area is 156 Å². The Kier molecular flexibility index (Phi) is 4.79. The van der Waals surface area contributed by atoms with Crippen molar-refractivity contribution < 1.29 is 17.6 Å². The molecule has 0 saturated carbocycles. The van der Waals surface area contributed by atoms with Crippen LogP contribution in [0.1, 0.15) is 5.82 Å². The van der Waals surface area contributed by atoms with Gasteiger partial charge in [-0.05, 0) is 12.1 Å². The predicted molar refractivity (Wildman–Crippen MR) is 95.7 cm³/mol. The number of furan rings is 1. The molecule has 1 saturated heterocycles. The molecule has 144 valence electrons. The zero-order valence-corrected chi connectivity index (χ0v) is 15.1. The lowest BCUT2D eigenvalue weighted by atomic mass is 10.2. The maximum atomic E-state index is 12.5. The number of hydrogen-bond acceptors (Lipinski definition) is 6. The minimum Gasteiger partial charge on any atom is -0.464 e. The lowest BCUT2D eigenvalue weighted by molar-refractivity contribution is -0.149. The van der Waals surface area contributed by atoms with Crippen LogP contribution in [0.3, 0.4) is 0 Å². The maximum Gasteiger partial charge on any atom is 0.401 e. The van der Waals surface area contributed by atoms with Crippen LogP contribution < -0.4 is 5.56 Å². The highest BCUT2D eigenvalue weighted by Gasteiger charge is 2.32. The third kappa shape index (κ3) is 4.07. The van der Waals surface area contributed by atoms with Gasteiger partial charge in [-0.3, -0.25) is 14.6 Å². The molecule has 0 atom stereocenters. The molecule has 27 heavy (non-hydrogen) atoms. The van der Waals surface area contributed by atoms with Crippen molar-refractivity contribution in [3.63, 3.8) is 0 Å². The summed E-state index contributed by atoms with van der Waals surface area (Å²) in [6.07, 6.45) is -2.63. The maximum absolute atomic E-state index is 12.5. The zero-order chi connectivity index (χ0) is 19.0. The first-order chi connectivity index (χ1) is 12.9. The van der Waals surface area contributed by atoms with Crippen LogP contribution in [-0.2, 0) is 6.54 Å². The van der Waals surface area contributed by atoms with Crippen LogP contribution in [0.2, 0.25) is 0 Å². The lowest BCUT2D eigenvalue weighted by Gasteiger charge is -2.34. The molecule has 6 nitrogen and oxygen atoms in total. The summed E-state index contributed by atoms with van der Waals surface area (Å²) in [5.74, 6) is 1.13. The third-order valence-electron chi connectivity index (χ3n) is 4.52. The fourth-order valence-electron chi connectivity index (χ4n) is 3.25. The van der Waals surface area contributed by atoms with Gasteiger partial charge in [-0.1, -0.05) is 0 Å². The van der Waals surface area contributed by atoms with E-state index >= 15 is 0 Å². The summed E-state index contributed by atoms with van der Waals surface area (Å²) in [4.78, 5) is 23.9. The van der Waals surface area contributed by atoms with Crippen LogP contribution >= 0.6 is 11.3 Å². The normalized spacial score (nSPS) is 17.0. The van der Waals surface area contributed by atoms with E-state index in [-0.39, 0.29) is 5.56 Å². The Hall–Kier alpha value is -2.17. The Morgan fingerprint density at radius 3 is 2.63 bits per heavy atom. The van der Waals surface area contributed by atoms with E-state index in [2.05, 4.69) is 9.97 Å². The van der Waals surface area contributed by atoms with Gasteiger partial charge in [0.15, 0.2) is 0 Å². The summed E-state index contributed by atoms with van der Waals surface area (Å²) in [6.45, 7) is 1.20. The highest BCUT2D eigenvalue weighted by atomic mass is 32.1. The first-order valence-electron chi connectivity index (χ1n) is 8.45. The number of aromatic nitrogens is 2. The van der Waals surface area contributed by atoms with Crippen molar-refractivity contribution in [2.45, 2.75) is 12.7 Å². The number of rotatable bonds is 4. The zero-order valence-electron chi connectivity index (χ0n) is 14.3. The van der Waals surface area contributed by atoms with Gasteiger partial charge < -0.3 is 9.40 Å². The van der Waals surface area contributed by atoms with E-state index in [0.29, 0.717) is 60.1 Å². The molecule has 10 heteroatoms. The highest BCUT2D eigenvalue weighted by molar-refractivity contribution is 7.17. The van der Waals surface area contributed by atoms with Crippen molar-refractivity contribution in [3.05, 3.63) is 40.0 Å². The van der Waals surface area contributed by atoms with E-state index in [1.807, 2.05) is 10.3 Å². The second-order valence-corrected chi connectivity index (χ2v) is 7.35. The van der Waals surface area contributed by atoms with E-state index in [1.54, 1.807) is 18.4 Å². The summed E-state index contributed by atoms with van der Waals surface area (Å²) in [7, 11) is 0. The van der Waals surface area contributed by atoms with Crippen LogP contribution in [0.25, 0.3) is 21.5 Å². The largest absolute Gasteiger partial charge is 0.464 e. The number of thiophene rings is 1. The molecule has 0 radical (unpaired) electrons. The van der Waals surface area contributed by atoms with Gasteiger partial charge in [-0.15, -0.1) is 11.3 Å². The second kappa shape index (κ2) is 7.10. The molecule has 1 fully saturated rings. The molecule has 4 heterocycles. The van der Waals surface area contributed by atoms with Crippen LogP contribution in [0.4, 0.5) is 13.2 Å². The molecular formula is C17H17F3N4O2S. The summed E-state index contributed by atoms with van der Waals surface area (Å²) >= 11 is 1.37. The Balaban J connectivity index is 1.47. The number of hydrogen-bond donors (Lipinski definition) is 1. The smallest absolute Gasteiger partial charge is 0.401 e. The first-order valence-corrected chi connectivity index (χ1v) is 9.33. The number of H-pyrrole nitrogens is 1. The lowest BCUT2D eigenvalue weighted by Crippen LogP contribution is -2.48. The molecule has 0 aromatic carbocycles. The van der Waals surface area contributed by atoms with Gasteiger partial charge in [0.1, 0.15) is 16.4 Å². The minimum atomic E-state index is -4.18. The summed E-state index contributed by atoms with van der Waals surface area (Å²) in [5.41, 5.74) is 0.472. The van der Waals surface area contributed by atoms with Gasteiger partial charge in [-0.25, -0.2) is 4.98 Å². The van der Waals surface area contributed by atoms with Gasteiger partial charge in [-0.2, -0.15) is 13.2 Å². The Bertz CT molecular complexity index is 972. The number of nitrogens with zero attached hydrogens (tertiary/aromatic N) is 3. The van der Waals surface area contributed by atoms with Crippen LogP contribution in [0.5, 0.6) is 0 Å².